The van der Waals surface area contributed by atoms with Crippen molar-refractivity contribution in [3.05, 3.63) is 18.0 Å². The number of nitrogens with zero attached hydrogens (tertiary/aromatic N) is 2. The molecular weight excluding hydrogens is 128 g/mol. The van der Waals surface area contributed by atoms with Crippen LogP contribution in [0.5, 0.6) is 0 Å². The summed E-state index contributed by atoms with van der Waals surface area (Å²) in [7, 11) is 0. The number of anilines is 2. The van der Waals surface area contributed by atoms with Gasteiger partial charge in [-0.2, -0.15) is 5.26 Å². The number of nitrogens with two attached hydrogens (primary N) is 2. The molecule has 0 aliphatic carbocycles. The Labute approximate surface area is 58.1 Å². The van der Waals surface area contributed by atoms with Gasteiger partial charge in [-0.25, -0.2) is 4.98 Å². The molecule has 0 amide bonds. The van der Waals surface area contributed by atoms with E-state index in [0.717, 1.165) is 0 Å². The molecule has 4 N–H and O–H groups in total. The molecule has 0 aliphatic heterocycles. The highest BCUT2D eigenvalue weighted by atomic mass is 14.8. The van der Waals surface area contributed by atoms with Gasteiger partial charge >= 0.3 is 0 Å². The lowest BCUT2D eigenvalue weighted by molar-refractivity contribution is 1.27. The van der Waals surface area contributed by atoms with E-state index in [9.17, 15) is 0 Å². The van der Waals surface area contributed by atoms with Crippen molar-refractivity contribution in [2.75, 3.05) is 11.5 Å². The zero-order chi connectivity index (χ0) is 7.56. The predicted octanol–water partition coefficient (Wildman–Crippen LogP) is 0.118. The molecule has 50 valence electrons. The van der Waals surface area contributed by atoms with Gasteiger partial charge in [0, 0.05) is 0 Å². The highest BCUT2D eigenvalue weighted by Gasteiger charge is 1.97. The summed E-state index contributed by atoms with van der Waals surface area (Å²) in [5.41, 5.74) is 11.7. The van der Waals surface area contributed by atoms with Gasteiger partial charge in [-0.05, 0) is 6.07 Å². The average molecular weight is 134 g/mol. The van der Waals surface area contributed by atoms with Crippen LogP contribution in [0, 0.1) is 11.3 Å². The molecule has 1 heterocycles. The number of hydrogen-bond donors (Lipinski definition) is 2. The van der Waals surface area contributed by atoms with E-state index in [0.29, 0.717) is 11.4 Å². The first kappa shape index (κ1) is 6.36. The van der Waals surface area contributed by atoms with E-state index in [-0.39, 0.29) is 5.69 Å². The molecular formula is C6H6N4. The van der Waals surface area contributed by atoms with Crippen LogP contribution in [0.4, 0.5) is 11.4 Å². The quantitative estimate of drug-likeness (QED) is 0.527. The van der Waals surface area contributed by atoms with Gasteiger partial charge in [0.25, 0.3) is 0 Å². The predicted molar refractivity (Wildman–Crippen MR) is 37.8 cm³/mol. The fourth-order valence-electron chi connectivity index (χ4n) is 0.592. The smallest absolute Gasteiger partial charge is 0.163 e. The Morgan fingerprint density at radius 2 is 2.20 bits per heavy atom. The molecule has 1 aromatic rings. The van der Waals surface area contributed by atoms with Crippen molar-refractivity contribution in [2.24, 2.45) is 0 Å². The van der Waals surface area contributed by atoms with Crippen molar-refractivity contribution in [1.82, 2.24) is 4.98 Å². The molecule has 10 heavy (non-hydrogen) atoms. The third kappa shape index (κ3) is 0.977. The molecule has 0 atom stereocenters. The molecule has 0 unspecified atom stereocenters. The van der Waals surface area contributed by atoms with E-state index < -0.39 is 0 Å². The summed E-state index contributed by atoms with van der Waals surface area (Å²) in [6.45, 7) is 0. The standard InChI is InChI=1S/C6H6N4/c7-2-6-5(9)1-4(8)3-10-6/h1,3H,8-9H2. The Bertz CT molecular complexity index is 286. The number of pyridine rings is 1. The maximum Gasteiger partial charge on any atom is 0.163 e. The van der Waals surface area contributed by atoms with Crippen LogP contribution in [-0.4, -0.2) is 4.98 Å². The Kier molecular flexibility index (Phi) is 1.42. The van der Waals surface area contributed by atoms with Gasteiger partial charge in [-0.15, -0.1) is 0 Å². The lowest BCUT2D eigenvalue weighted by atomic mass is 10.3. The van der Waals surface area contributed by atoms with Gasteiger partial charge in [0.2, 0.25) is 0 Å². The van der Waals surface area contributed by atoms with Crippen LogP contribution in [-0.2, 0) is 0 Å². The molecule has 4 nitrogen and oxygen atoms in total. The molecule has 4 heteroatoms. The van der Waals surface area contributed by atoms with Crippen molar-refractivity contribution in [2.45, 2.75) is 0 Å². The van der Waals surface area contributed by atoms with Gasteiger partial charge in [0.1, 0.15) is 6.07 Å². The first-order valence-corrected chi connectivity index (χ1v) is 2.65. The van der Waals surface area contributed by atoms with E-state index in [1.807, 2.05) is 6.07 Å². The number of nitrogen functional groups attached to an aromatic ring is 2. The van der Waals surface area contributed by atoms with Crippen molar-refractivity contribution in [1.29, 1.82) is 5.26 Å². The van der Waals surface area contributed by atoms with Crippen LogP contribution in [0.15, 0.2) is 12.3 Å². The minimum atomic E-state index is 0.217. The number of aromatic nitrogens is 1. The van der Waals surface area contributed by atoms with Crippen molar-refractivity contribution in [3.63, 3.8) is 0 Å². The fraction of sp³-hybridized carbons (Fsp3) is 0. The number of nitriles is 1. The summed E-state index contributed by atoms with van der Waals surface area (Å²) < 4.78 is 0. The largest absolute Gasteiger partial charge is 0.397 e. The van der Waals surface area contributed by atoms with Crippen molar-refractivity contribution < 1.29 is 0 Å². The van der Waals surface area contributed by atoms with Gasteiger partial charge in [-0.1, -0.05) is 0 Å². The topological polar surface area (TPSA) is 88.7 Å². The van der Waals surface area contributed by atoms with Crippen LogP contribution < -0.4 is 11.5 Å². The van der Waals surface area contributed by atoms with Crippen molar-refractivity contribution in [3.8, 4) is 6.07 Å². The van der Waals surface area contributed by atoms with Crippen LogP contribution >= 0.6 is 0 Å². The molecule has 0 radical (unpaired) electrons. The van der Waals surface area contributed by atoms with E-state index in [1.54, 1.807) is 0 Å². The Hall–Kier alpha value is -1.76. The van der Waals surface area contributed by atoms with Crippen LogP contribution in [0.1, 0.15) is 5.69 Å². The van der Waals surface area contributed by atoms with E-state index >= 15 is 0 Å². The third-order valence-corrected chi connectivity index (χ3v) is 1.04. The zero-order valence-electron chi connectivity index (χ0n) is 5.20. The van der Waals surface area contributed by atoms with E-state index in [2.05, 4.69) is 4.98 Å². The van der Waals surface area contributed by atoms with Gasteiger partial charge < -0.3 is 11.5 Å². The number of hydrogen-bond acceptors (Lipinski definition) is 4. The summed E-state index contributed by atoms with van der Waals surface area (Å²) in [6, 6.07) is 3.34. The normalized spacial score (nSPS) is 8.70. The highest BCUT2D eigenvalue weighted by molar-refractivity contribution is 5.56. The fourth-order valence-corrected chi connectivity index (χ4v) is 0.592. The van der Waals surface area contributed by atoms with E-state index in [1.165, 1.54) is 12.3 Å². The SMILES string of the molecule is N#Cc1ncc(N)cc1N. The zero-order valence-corrected chi connectivity index (χ0v) is 5.20. The minimum absolute atomic E-state index is 0.217. The monoisotopic (exact) mass is 134 g/mol. The molecule has 0 aliphatic rings. The molecule has 1 rings (SSSR count). The second-order valence-corrected chi connectivity index (χ2v) is 1.82. The summed E-state index contributed by atoms with van der Waals surface area (Å²) in [5.74, 6) is 0. The van der Waals surface area contributed by atoms with Gasteiger partial charge in [0.05, 0.1) is 17.6 Å². The van der Waals surface area contributed by atoms with E-state index in [4.69, 9.17) is 16.7 Å². The summed E-state index contributed by atoms with van der Waals surface area (Å²) in [6.07, 6.45) is 1.40. The third-order valence-electron chi connectivity index (χ3n) is 1.04. The lowest BCUT2D eigenvalue weighted by Gasteiger charge is -1.95. The molecule has 0 bridgehead atoms. The molecule has 0 spiro atoms. The Morgan fingerprint density at radius 1 is 1.50 bits per heavy atom. The molecule has 0 saturated carbocycles. The first-order chi connectivity index (χ1) is 4.74. The van der Waals surface area contributed by atoms with Crippen LogP contribution in [0.25, 0.3) is 0 Å². The summed E-state index contributed by atoms with van der Waals surface area (Å²) >= 11 is 0. The summed E-state index contributed by atoms with van der Waals surface area (Å²) in [5, 5.41) is 8.38. The van der Waals surface area contributed by atoms with Crippen molar-refractivity contribution >= 4 is 11.4 Å². The Morgan fingerprint density at radius 3 is 2.70 bits per heavy atom. The second kappa shape index (κ2) is 2.23. The minimum Gasteiger partial charge on any atom is -0.397 e. The maximum atomic E-state index is 8.38. The van der Waals surface area contributed by atoms with Gasteiger partial charge in [-0.3, -0.25) is 0 Å². The van der Waals surface area contributed by atoms with Crippen LogP contribution in [0.2, 0.25) is 0 Å². The van der Waals surface area contributed by atoms with Gasteiger partial charge in [0.15, 0.2) is 5.69 Å². The number of rotatable bonds is 0. The molecule has 1 aromatic heterocycles. The Balaban J connectivity index is 3.23. The summed E-state index contributed by atoms with van der Waals surface area (Å²) in [4.78, 5) is 3.69. The average Bonchev–Trinajstić information content (AvgIpc) is 1.88. The molecule has 0 saturated heterocycles. The first-order valence-electron chi connectivity index (χ1n) is 2.65. The molecule has 0 fully saturated rings. The lowest BCUT2D eigenvalue weighted by Crippen LogP contribution is -1.95. The second-order valence-electron chi connectivity index (χ2n) is 1.82. The molecule has 0 aromatic carbocycles. The van der Waals surface area contributed by atoms with Crippen LogP contribution in [0.3, 0.4) is 0 Å². The maximum absolute atomic E-state index is 8.38. The highest BCUT2D eigenvalue weighted by Crippen LogP contribution is 2.10.